The molecule has 0 fully saturated rings. The molecule has 0 aliphatic rings. The molecule has 1 rings (SSSR count). The molecule has 2 nitrogen and oxygen atoms in total. The van der Waals surface area contributed by atoms with Gasteiger partial charge in [0.1, 0.15) is 11.9 Å². The zero-order valence-electron chi connectivity index (χ0n) is 13.5. The molecule has 3 unspecified atom stereocenters. The maximum atomic E-state index is 10.1. The highest BCUT2D eigenvalue weighted by atomic mass is 16.5. The van der Waals surface area contributed by atoms with Gasteiger partial charge in [-0.3, -0.25) is 0 Å². The van der Waals surface area contributed by atoms with Crippen LogP contribution in [0.5, 0.6) is 5.75 Å². The van der Waals surface area contributed by atoms with Gasteiger partial charge in [-0.1, -0.05) is 46.2 Å². The molecule has 0 saturated heterocycles. The standard InChI is InChI=1S/C15H24O2.C2H6/c1-6-10(2)15(16)13(5)17-14-9-7-8-11(3)12(14)4;1-2/h7-10,13,15-16H,6H2,1-5H3;1-2H3. The van der Waals surface area contributed by atoms with E-state index < -0.39 is 6.10 Å². The molecule has 0 spiro atoms. The normalized spacial score (nSPS) is 14.9. The maximum absolute atomic E-state index is 10.1. The fourth-order valence-corrected chi connectivity index (χ4v) is 1.83. The summed E-state index contributed by atoms with van der Waals surface area (Å²) in [5, 5.41) is 10.1. The van der Waals surface area contributed by atoms with E-state index in [1.807, 2.05) is 46.8 Å². The van der Waals surface area contributed by atoms with Crippen molar-refractivity contribution in [3.63, 3.8) is 0 Å². The van der Waals surface area contributed by atoms with Crippen molar-refractivity contribution in [1.82, 2.24) is 0 Å². The highest BCUT2D eigenvalue weighted by Crippen LogP contribution is 2.23. The molecule has 19 heavy (non-hydrogen) atoms. The van der Waals surface area contributed by atoms with Crippen LogP contribution in [0.4, 0.5) is 0 Å². The van der Waals surface area contributed by atoms with Crippen LogP contribution in [0.3, 0.4) is 0 Å². The number of ether oxygens (including phenoxy) is 1. The monoisotopic (exact) mass is 266 g/mol. The Balaban J connectivity index is 0.00000154. The number of aliphatic hydroxyl groups excluding tert-OH is 1. The van der Waals surface area contributed by atoms with Crippen LogP contribution < -0.4 is 4.74 Å². The van der Waals surface area contributed by atoms with E-state index >= 15 is 0 Å². The summed E-state index contributed by atoms with van der Waals surface area (Å²) < 4.78 is 5.86. The third-order valence-electron chi connectivity index (χ3n) is 3.58. The van der Waals surface area contributed by atoms with E-state index in [1.54, 1.807) is 0 Å². The molecule has 0 saturated carbocycles. The summed E-state index contributed by atoms with van der Waals surface area (Å²) in [5.41, 5.74) is 2.36. The predicted molar refractivity (Wildman–Crippen MR) is 82.8 cm³/mol. The lowest BCUT2D eigenvalue weighted by molar-refractivity contribution is 0.0103. The van der Waals surface area contributed by atoms with Crippen molar-refractivity contribution < 1.29 is 9.84 Å². The van der Waals surface area contributed by atoms with Gasteiger partial charge in [0.15, 0.2) is 0 Å². The molecule has 1 N–H and O–H groups in total. The van der Waals surface area contributed by atoms with Crippen LogP contribution in [0, 0.1) is 19.8 Å². The zero-order valence-corrected chi connectivity index (χ0v) is 13.5. The molecule has 0 radical (unpaired) electrons. The first-order valence-electron chi connectivity index (χ1n) is 7.38. The minimum atomic E-state index is -0.417. The molecule has 0 aromatic heterocycles. The van der Waals surface area contributed by atoms with Gasteiger partial charge in [0.25, 0.3) is 0 Å². The Bertz CT molecular complexity index is 360. The largest absolute Gasteiger partial charge is 0.488 e. The lowest BCUT2D eigenvalue weighted by Gasteiger charge is -2.25. The molecule has 110 valence electrons. The molecule has 2 heteroatoms. The highest BCUT2D eigenvalue weighted by Gasteiger charge is 2.21. The van der Waals surface area contributed by atoms with Gasteiger partial charge in [-0.15, -0.1) is 0 Å². The molecule has 0 heterocycles. The van der Waals surface area contributed by atoms with Gasteiger partial charge in [0, 0.05) is 0 Å². The van der Waals surface area contributed by atoms with Crippen LogP contribution in [0.15, 0.2) is 18.2 Å². The third-order valence-corrected chi connectivity index (χ3v) is 3.58. The summed E-state index contributed by atoms with van der Waals surface area (Å²) >= 11 is 0. The summed E-state index contributed by atoms with van der Waals surface area (Å²) in [5.74, 6) is 1.13. The van der Waals surface area contributed by atoms with Gasteiger partial charge in [-0.05, 0) is 43.9 Å². The molecule has 0 amide bonds. The number of benzene rings is 1. The Morgan fingerprint density at radius 2 is 1.74 bits per heavy atom. The van der Waals surface area contributed by atoms with Crippen molar-refractivity contribution in [2.45, 2.75) is 67.1 Å². The van der Waals surface area contributed by atoms with Crippen molar-refractivity contribution in [3.8, 4) is 5.75 Å². The average molecular weight is 266 g/mol. The number of rotatable bonds is 5. The minimum absolute atomic E-state index is 0.176. The third kappa shape index (κ3) is 5.23. The molecule has 1 aromatic rings. The van der Waals surface area contributed by atoms with E-state index in [2.05, 4.69) is 19.9 Å². The quantitative estimate of drug-likeness (QED) is 0.850. The van der Waals surface area contributed by atoms with Gasteiger partial charge in [-0.2, -0.15) is 0 Å². The Labute approximate surface area is 118 Å². The lowest BCUT2D eigenvalue weighted by atomic mass is 9.98. The second-order valence-electron chi connectivity index (χ2n) is 4.90. The Morgan fingerprint density at radius 1 is 1.16 bits per heavy atom. The van der Waals surface area contributed by atoms with Crippen LogP contribution in [-0.2, 0) is 0 Å². The maximum Gasteiger partial charge on any atom is 0.123 e. The smallest absolute Gasteiger partial charge is 0.123 e. The first-order chi connectivity index (χ1) is 8.97. The SMILES string of the molecule is CC.CCC(C)C(O)C(C)Oc1cccc(C)c1C. The van der Waals surface area contributed by atoms with Crippen LogP contribution in [0.1, 0.15) is 52.2 Å². The van der Waals surface area contributed by atoms with E-state index in [4.69, 9.17) is 4.74 Å². The van der Waals surface area contributed by atoms with E-state index in [0.29, 0.717) is 0 Å². The Kier molecular flexibility index (Phi) is 8.49. The zero-order chi connectivity index (χ0) is 15.0. The molecule has 3 atom stereocenters. The second-order valence-corrected chi connectivity index (χ2v) is 4.90. The fraction of sp³-hybridized carbons (Fsp3) is 0.647. The van der Waals surface area contributed by atoms with Crippen LogP contribution in [0.2, 0.25) is 0 Å². The Morgan fingerprint density at radius 3 is 2.26 bits per heavy atom. The average Bonchev–Trinajstić information content (AvgIpc) is 2.44. The first kappa shape index (κ1) is 18.0. The molecular weight excluding hydrogens is 236 g/mol. The van der Waals surface area contributed by atoms with Crippen molar-refractivity contribution in [1.29, 1.82) is 0 Å². The molecule has 1 aromatic carbocycles. The van der Waals surface area contributed by atoms with E-state index in [9.17, 15) is 5.11 Å². The van der Waals surface area contributed by atoms with Gasteiger partial charge >= 0.3 is 0 Å². The molecular formula is C17H30O2. The predicted octanol–water partition coefficient (Wildman–Crippen LogP) is 4.50. The van der Waals surface area contributed by atoms with Crippen molar-refractivity contribution in [2.24, 2.45) is 5.92 Å². The number of hydrogen-bond donors (Lipinski definition) is 1. The first-order valence-corrected chi connectivity index (χ1v) is 7.38. The van der Waals surface area contributed by atoms with Gasteiger partial charge < -0.3 is 9.84 Å². The van der Waals surface area contributed by atoms with Gasteiger partial charge in [-0.25, -0.2) is 0 Å². The van der Waals surface area contributed by atoms with E-state index in [1.165, 1.54) is 5.56 Å². The van der Waals surface area contributed by atoms with Crippen molar-refractivity contribution in [2.75, 3.05) is 0 Å². The van der Waals surface area contributed by atoms with Crippen LogP contribution in [0.25, 0.3) is 0 Å². The molecule has 0 bridgehead atoms. The lowest BCUT2D eigenvalue weighted by Crippen LogP contribution is -2.34. The van der Waals surface area contributed by atoms with Gasteiger partial charge in [0.05, 0.1) is 6.10 Å². The van der Waals surface area contributed by atoms with Crippen molar-refractivity contribution in [3.05, 3.63) is 29.3 Å². The molecule has 0 aliphatic carbocycles. The fourth-order valence-electron chi connectivity index (χ4n) is 1.83. The van der Waals surface area contributed by atoms with Gasteiger partial charge in [0.2, 0.25) is 0 Å². The summed E-state index contributed by atoms with van der Waals surface area (Å²) in [4.78, 5) is 0. The topological polar surface area (TPSA) is 29.5 Å². The summed E-state index contributed by atoms with van der Waals surface area (Å²) in [7, 11) is 0. The summed E-state index contributed by atoms with van der Waals surface area (Å²) in [6.45, 7) is 14.2. The van der Waals surface area contributed by atoms with Crippen LogP contribution >= 0.6 is 0 Å². The molecule has 0 aliphatic heterocycles. The Hall–Kier alpha value is -1.02. The van der Waals surface area contributed by atoms with E-state index in [-0.39, 0.29) is 12.0 Å². The summed E-state index contributed by atoms with van der Waals surface area (Å²) in [6.07, 6.45) is 0.368. The summed E-state index contributed by atoms with van der Waals surface area (Å²) in [6, 6.07) is 6.01. The second kappa shape index (κ2) is 8.98. The number of aryl methyl sites for hydroxylation is 1. The highest BCUT2D eigenvalue weighted by molar-refractivity contribution is 5.38. The van der Waals surface area contributed by atoms with Crippen molar-refractivity contribution >= 4 is 0 Å². The van der Waals surface area contributed by atoms with Crippen LogP contribution in [-0.4, -0.2) is 17.3 Å². The number of aliphatic hydroxyl groups is 1. The van der Waals surface area contributed by atoms with E-state index in [0.717, 1.165) is 17.7 Å². The number of hydrogen-bond acceptors (Lipinski definition) is 2. The minimum Gasteiger partial charge on any atom is -0.488 e.